The molecule has 0 unspecified atom stereocenters. The molecule has 0 aliphatic rings. The molecule has 0 aliphatic heterocycles. The maximum atomic E-state index is 12.1. The van der Waals surface area contributed by atoms with Crippen molar-refractivity contribution in [2.24, 2.45) is 0 Å². The molecule has 0 bridgehead atoms. The monoisotopic (exact) mass is 350 g/mol. The third-order valence-electron chi connectivity index (χ3n) is 2.58. The van der Waals surface area contributed by atoms with E-state index in [1.54, 1.807) is 42.5 Å². The van der Waals surface area contributed by atoms with Crippen molar-refractivity contribution in [3.63, 3.8) is 0 Å². The van der Waals surface area contributed by atoms with Crippen LogP contribution < -0.4 is 4.72 Å². The summed E-state index contributed by atoms with van der Waals surface area (Å²) in [4.78, 5) is 0. The minimum absolute atomic E-state index is 0.233. The molecule has 1 N–H and O–H groups in total. The van der Waals surface area contributed by atoms with Gasteiger partial charge in [0.2, 0.25) is 10.0 Å². The van der Waals surface area contributed by atoms with Gasteiger partial charge in [-0.2, -0.15) is 5.26 Å². The molecule has 102 valence electrons. The molecule has 2 aromatic rings. The zero-order chi connectivity index (χ0) is 14.6. The van der Waals surface area contributed by atoms with Gasteiger partial charge in [0.05, 0.1) is 17.4 Å². The van der Waals surface area contributed by atoms with Crippen LogP contribution in [0.4, 0.5) is 5.69 Å². The Bertz CT molecular complexity index is 767. The number of rotatable bonds is 4. The summed E-state index contributed by atoms with van der Waals surface area (Å²) in [5.41, 5.74) is 1.33. The fourth-order valence-electron chi connectivity index (χ4n) is 1.73. The first-order valence-corrected chi connectivity index (χ1v) is 8.19. The largest absolute Gasteiger partial charge is 0.283 e. The Hall–Kier alpha value is -1.84. The molecule has 0 saturated heterocycles. The number of sulfonamides is 1. The smallest absolute Gasteiger partial charge is 0.236 e. The third kappa shape index (κ3) is 3.83. The summed E-state index contributed by atoms with van der Waals surface area (Å²) in [6.07, 6.45) is 0. The van der Waals surface area contributed by atoms with E-state index in [4.69, 9.17) is 5.26 Å². The van der Waals surface area contributed by atoms with Crippen molar-refractivity contribution in [1.29, 1.82) is 5.26 Å². The minimum Gasteiger partial charge on any atom is -0.283 e. The van der Waals surface area contributed by atoms with Crippen molar-refractivity contribution in [3.8, 4) is 6.07 Å². The van der Waals surface area contributed by atoms with E-state index in [1.807, 2.05) is 12.1 Å². The van der Waals surface area contributed by atoms with Crippen LogP contribution in [0.15, 0.2) is 53.0 Å². The number of nitrogens with zero attached hydrogens (tertiary/aromatic N) is 1. The quantitative estimate of drug-likeness (QED) is 0.919. The van der Waals surface area contributed by atoms with Gasteiger partial charge in [-0.05, 0) is 29.8 Å². The van der Waals surface area contributed by atoms with Crippen LogP contribution in [0.5, 0.6) is 0 Å². The average Bonchev–Trinajstić information content (AvgIpc) is 2.38. The Labute approximate surface area is 126 Å². The van der Waals surface area contributed by atoms with Gasteiger partial charge in [0.25, 0.3) is 0 Å². The van der Waals surface area contributed by atoms with E-state index in [2.05, 4.69) is 20.7 Å². The van der Waals surface area contributed by atoms with Crippen LogP contribution in [0.1, 0.15) is 11.1 Å². The molecule has 0 aromatic heterocycles. The number of hydrogen-bond donors (Lipinski definition) is 1. The highest BCUT2D eigenvalue weighted by atomic mass is 79.9. The Morgan fingerprint density at radius 2 is 1.90 bits per heavy atom. The third-order valence-corrected chi connectivity index (χ3v) is 4.31. The summed E-state index contributed by atoms with van der Waals surface area (Å²) in [7, 11) is -3.56. The fraction of sp³-hybridized carbons (Fsp3) is 0.0714. The predicted octanol–water partition coefficient (Wildman–Crippen LogP) is 3.26. The lowest BCUT2D eigenvalue weighted by molar-refractivity contribution is 0.600. The molecule has 20 heavy (non-hydrogen) atoms. The Kier molecular flexibility index (Phi) is 4.42. The van der Waals surface area contributed by atoms with Gasteiger partial charge in [-0.25, -0.2) is 8.42 Å². The molecule has 4 nitrogen and oxygen atoms in total. The van der Waals surface area contributed by atoms with Gasteiger partial charge in [0.15, 0.2) is 0 Å². The van der Waals surface area contributed by atoms with E-state index in [-0.39, 0.29) is 5.75 Å². The first-order chi connectivity index (χ1) is 9.50. The maximum Gasteiger partial charge on any atom is 0.236 e. The van der Waals surface area contributed by atoms with Gasteiger partial charge < -0.3 is 0 Å². The van der Waals surface area contributed by atoms with E-state index in [0.717, 1.165) is 4.47 Å². The molecule has 2 rings (SSSR count). The maximum absolute atomic E-state index is 12.1. The predicted molar refractivity (Wildman–Crippen MR) is 81.5 cm³/mol. The summed E-state index contributed by atoms with van der Waals surface area (Å²) in [5, 5.41) is 8.97. The number of benzene rings is 2. The van der Waals surface area contributed by atoms with Crippen LogP contribution in [0, 0.1) is 11.3 Å². The van der Waals surface area contributed by atoms with Crippen LogP contribution in [0.2, 0.25) is 0 Å². The summed E-state index contributed by atoms with van der Waals surface area (Å²) in [6, 6.07) is 15.5. The summed E-state index contributed by atoms with van der Waals surface area (Å²) >= 11 is 3.28. The molecule has 0 fully saturated rings. The van der Waals surface area contributed by atoms with Gasteiger partial charge in [-0.15, -0.1) is 0 Å². The van der Waals surface area contributed by atoms with Crippen molar-refractivity contribution in [2.75, 3.05) is 4.72 Å². The topological polar surface area (TPSA) is 70.0 Å². The van der Waals surface area contributed by atoms with E-state index >= 15 is 0 Å². The summed E-state index contributed by atoms with van der Waals surface area (Å²) < 4.78 is 27.5. The van der Waals surface area contributed by atoms with Crippen molar-refractivity contribution < 1.29 is 8.42 Å². The lowest BCUT2D eigenvalue weighted by atomic mass is 10.1. The van der Waals surface area contributed by atoms with E-state index < -0.39 is 10.0 Å². The highest BCUT2D eigenvalue weighted by Gasteiger charge is 2.14. The number of nitrogens with one attached hydrogen (secondary N) is 1. The highest BCUT2D eigenvalue weighted by Crippen LogP contribution is 2.19. The standard InChI is InChI=1S/C14H11BrN2O2S/c15-13-6-3-7-14(8-13)17-20(18,19)10-12-5-2-1-4-11(12)9-16/h1-8,17H,10H2. The first kappa shape index (κ1) is 14.6. The van der Waals surface area contributed by atoms with E-state index in [9.17, 15) is 8.42 Å². The Morgan fingerprint density at radius 3 is 2.60 bits per heavy atom. The summed E-state index contributed by atoms with van der Waals surface area (Å²) in [5.74, 6) is -0.233. The normalized spacial score (nSPS) is 10.8. The Balaban J connectivity index is 2.22. The van der Waals surface area contributed by atoms with Crippen LogP contribution in [-0.2, 0) is 15.8 Å². The van der Waals surface area contributed by atoms with Crippen molar-refractivity contribution in [1.82, 2.24) is 0 Å². The molecule has 6 heteroatoms. The van der Waals surface area contributed by atoms with Gasteiger partial charge in [0, 0.05) is 10.2 Å². The number of hydrogen-bond acceptors (Lipinski definition) is 3. The molecular formula is C14H11BrN2O2S. The van der Waals surface area contributed by atoms with Crippen molar-refractivity contribution in [2.45, 2.75) is 5.75 Å². The van der Waals surface area contributed by atoms with Gasteiger partial charge in [-0.1, -0.05) is 40.2 Å². The second-order valence-electron chi connectivity index (χ2n) is 4.14. The van der Waals surface area contributed by atoms with E-state index in [0.29, 0.717) is 16.8 Å². The molecule has 0 heterocycles. The molecular weight excluding hydrogens is 340 g/mol. The van der Waals surface area contributed by atoms with Crippen LogP contribution in [0.3, 0.4) is 0 Å². The van der Waals surface area contributed by atoms with Crippen molar-refractivity contribution in [3.05, 3.63) is 64.1 Å². The van der Waals surface area contributed by atoms with Crippen LogP contribution >= 0.6 is 15.9 Å². The van der Waals surface area contributed by atoms with Gasteiger partial charge in [0.1, 0.15) is 0 Å². The highest BCUT2D eigenvalue weighted by molar-refractivity contribution is 9.10. The zero-order valence-corrected chi connectivity index (χ0v) is 12.8. The van der Waals surface area contributed by atoms with Crippen LogP contribution in [-0.4, -0.2) is 8.42 Å². The molecule has 0 radical (unpaired) electrons. The molecule has 0 atom stereocenters. The molecule has 0 amide bonds. The SMILES string of the molecule is N#Cc1ccccc1CS(=O)(=O)Nc1cccc(Br)c1. The number of anilines is 1. The molecule has 0 saturated carbocycles. The zero-order valence-electron chi connectivity index (χ0n) is 10.4. The lowest BCUT2D eigenvalue weighted by Gasteiger charge is -2.09. The minimum atomic E-state index is -3.56. The first-order valence-electron chi connectivity index (χ1n) is 5.74. The fourth-order valence-corrected chi connectivity index (χ4v) is 3.35. The summed E-state index contributed by atoms with van der Waals surface area (Å²) in [6.45, 7) is 0. The number of nitriles is 1. The molecule has 0 aliphatic carbocycles. The second-order valence-corrected chi connectivity index (χ2v) is 6.78. The van der Waals surface area contributed by atoms with Gasteiger partial charge >= 0.3 is 0 Å². The van der Waals surface area contributed by atoms with Crippen molar-refractivity contribution >= 4 is 31.6 Å². The lowest BCUT2D eigenvalue weighted by Crippen LogP contribution is -2.15. The van der Waals surface area contributed by atoms with E-state index in [1.165, 1.54) is 0 Å². The molecule has 0 spiro atoms. The van der Waals surface area contributed by atoms with Gasteiger partial charge in [-0.3, -0.25) is 4.72 Å². The van der Waals surface area contributed by atoms with Crippen LogP contribution in [0.25, 0.3) is 0 Å². The number of halogens is 1. The average molecular weight is 351 g/mol. The molecule has 2 aromatic carbocycles. The Morgan fingerprint density at radius 1 is 1.15 bits per heavy atom. The second kappa shape index (κ2) is 6.07.